The van der Waals surface area contributed by atoms with Crippen LogP contribution in [0.1, 0.15) is 22.3 Å². The lowest BCUT2D eigenvalue weighted by molar-refractivity contribution is 0.429. The Kier molecular flexibility index (Phi) is 6.39. The Morgan fingerprint density at radius 3 is 1.64 bits per heavy atom. The number of allylic oxidation sites excluding steroid dienone is 3. The standard InChI is InChI=1S/C45H30N4O/c1-3-12-29(13-4-1)30-21-23-32(24-22-30)43-47-42(31-14-5-2-6-15-31)48-44(49-43)33-25-26-34-35-16-11-27-46-41(35)45(38(34)28-33)36-17-7-9-19-39(36)50-40-20-10-8-18-37(40)45/h1-26,28,46H,27H2. The maximum Gasteiger partial charge on any atom is 0.164 e. The van der Waals surface area contributed by atoms with Crippen LogP contribution in [0.25, 0.3) is 50.9 Å². The van der Waals surface area contributed by atoms with Gasteiger partial charge in [0, 0.05) is 45.6 Å². The Balaban J connectivity index is 1.18. The molecule has 0 saturated heterocycles. The van der Waals surface area contributed by atoms with E-state index in [2.05, 4.69) is 121 Å². The summed E-state index contributed by atoms with van der Waals surface area (Å²) < 4.78 is 6.54. The van der Waals surface area contributed by atoms with E-state index in [-0.39, 0.29) is 0 Å². The SMILES string of the molecule is C1=CC2=C(NC1)C1(c3ccccc3Oc3ccccc31)c1cc(-c3nc(-c4ccccc4)nc(-c4ccc(-c5ccccc5)cc4)n3)ccc12. The zero-order valence-corrected chi connectivity index (χ0v) is 27.0. The second kappa shape index (κ2) is 11.2. The van der Waals surface area contributed by atoms with E-state index in [0.717, 1.165) is 51.4 Å². The summed E-state index contributed by atoms with van der Waals surface area (Å²) in [4.78, 5) is 15.3. The van der Waals surface area contributed by atoms with Gasteiger partial charge in [-0.15, -0.1) is 0 Å². The molecule has 3 aliphatic rings. The molecule has 1 N–H and O–H groups in total. The van der Waals surface area contributed by atoms with Gasteiger partial charge in [0.25, 0.3) is 0 Å². The topological polar surface area (TPSA) is 59.9 Å². The second-order valence-electron chi connectivity index (χ2n) is 12.8. The van der Waals surface area contributed by atoms with Gasteiger partial charge in [-0.05, 0) is 40.5 Å². The van der Waals surface area contributed by atoms with Crippen LogP contribution in [0.3, 0.4) is 0 Å². The predicted molar refractivity (Wildman–Crippen MR) is 198 cm³/mol. The molecule has 6 aromatic carbocycles. The fraction of sp³-hybridized carbons (Fsp3) is 0.0444. The van der Waals surface area contributed by atoms with E-state index < -0.39 is 5.41 Å². The van der Waals surface area contributed by atoms with E-state index in [9.17, 15) is 0 Å². The van der Waals surface area contributed by atoms with Gasteiger partial charge in [0.05, 0.1) is 5.41 Å². The fourth-order valence-electron chi connectivity index (χ4n) is 7.79. The first kappa shape index (κ1) is 28.4. The van der Waals surface area contributed by atoms with Crippen molar-refractivity contribution in [3.8, 4) is 56.8 Å². The first-order valence-corrected chi connectivity index (χ1v) is 16.9. The van der Waals surface area contributed by atoms with Crippen molar-refractivity contribution in [1.82, 2.24) is 20.3 Å². The van der Waals surface area contributed by atoms with Crippen molar-refractivity contribution in [1.29, 1.82) is 0 Å². The molecule has 10 rings (SSSR count). The molecule has 0 saturated carbocycles. The number of benzene rings is 6. The van der Waals surface area contributed by atoms with Crippen LogP contribution in [0.4, 0.5) is 0 Å². The van der Waals surface area contributed by atoms with Crippen LogP contribution in [-0.4, -0.2) is 21.5 Å². The number of para-hydroxylation sites is 2. The molecule has 50 heavy (non-hydrogen) atoms. The molecule has 0 bridgehead atoms. The number of nitrogens with zero attached hydrogens (tertiary/aromatic N) is 3. The van der Waals surface area contributed by atoms with Gasteiger partial charge in [-0.25, -0.2) is 15.0 Å². The lowest BCUT2D eigenvalue weighted by Crippen LogP contribution is -2.39. The summed E-state index contributed by atoms with van der Waals surface area (Å²) in [6.07, 6.45) is 4.45. The summed E-state index contributed by atoms with van der Waals surface area (Å²) in [6, 6.07) is 52.5. The minimum absolute atomic E-state index is 0.595. The number of aromatic nitrogens is 3. The molecule has 1 aromatic heterocycles. The number of nitrogens with one attached hydrogen (secondary N) is 1. The molecule has 0 unspecified atom stereocenters. The molecule has 5 heteroatoms. The summed E-state index contributed by atoms with van der Waals surface area (Å²) in [5.74, 6) is 3.62. The van der Waals surface area contributed by atoms with Crippen molar-refractivity contribution in [2.24, 2.45) is 0 Å². The number of ether oxygens (including phenoxy) is 1. The Labute approximate surface area is 290 Å². The van der Waals surface area contributed by atoms with Crippen LogP contribution in [0.2, 0.25) is 0 Å². The van der Waals surface area contributed by atoms with Gasteiger partial charge in [0.15, 0.2) is 17.5 Å². The van der Waals surface area contributed by atoms with E-state index in [1.807, 2.05) is 48.5 Å². The third-order valence-electron chi connectivity index (χ3n) is 10.0. The molecule has 1 spiro atoms. The highest BCUT2D eigenvalue weighted by Gasteiger charge is 2.52. The van der Waals surface area contributed by atoms with E-state index in [1.165, 1.54) is 28.0 Å². The maximum absolute atomic E-state index is 6.54. The van der Waals surface area contributed by atoms with Gasteiger partial charge in [0.1, 0.15) is 11.5 Å². The molecule has 0 radical (unpaired) electrons. The number of hydrogen-bond donors (Lipinski definition) is 1. The molecule has 3 heterocycles. The van der Waals surface area contributed by atoms with E-state index in [0.29, 0.717) is 17.5 Å². The highest BCUT2D eigenvalue weighted by molar-refractivity contribution is 5.93. The molecule has 2 aliphatic heterocycles. The average molecular weight is 643 g/mol. The first-order valence-electron chi connectivity index (χ1n) is 16.9. The van der Waals surface area contributed by atoms with Gasteiger partial charge in [0.2, 0.25) is 0 Å². The predicted octanol–water partition coefficient (Wildman–Crippen LogP) is 9.86. The Bertz CT molecular complexity index is 2460. The molecule has 236 valence electrons. The second-order valence-corrected chi connectivity index (χ2v) is 12.8. The van der Waals surface area contributed by atoms with Crippen LogP contribution in [0, 0.1) is 0 Å². The highest BCUT2D eigenvalue weighted by atomic mass is 16.5. The molecule has 1 aliphatic carbocycles. The molecular formula is C45H30N4O. The number of hydrogen-bond acceptors (Lipinski definition) is 5. The Morgan fingerprint density at radius 1 is 0.480 bits per heavy atom. The van der Waals surface area contributed by atoms with E-state index in [1.54, 1.807) is 0 Å². The lowest BCUT2D eigenvalue weighted by Gasteiger charge is -2.41. The third-order valence-corrected chi connectivity index (χ3v) is 10.0. The van der Waals surface area contributed by atoms with Crippen molar-refractivity contribution in [3.63, 3.8) is 0 Å². The van der Waals surface area contributed by atoms with Gasteiger partial charge in [-0.3, -0.25) is 0 Å². The van der Waals surface area contributed by atoms with Crippen LogP contribution < -0.4 is 10.1 Å². The fourth-order valence-corrected chi connectivity index (χ4v) is 7.79. The highest BCUT2D eigenvalue weighted by Crippen LogP contribution is 2.61. The Morgan fingerprint density at radius 2 is 0.980 bits per heavy atom. The molecule has 0 amide bonds. The van der Waals surface area contributed by atoms with Crippen molar-refractivity contribution in [2.45, 2.75) is 5.41 Å². The number of fused-ring (bicyclic) bond motifs is 8. The minimum Gasteiger partial charge on any atom is -0.457 e. The summed E-state index contributed by atoms with van der Waals surface area (Å²) in [7, 11) is 0. The van der Waals surface area contributed by atoms with Crippen molar-refractivity contribution >= 4 is 5.57 Å². The smallest absolute Gasteiger partial charge is 0.164 e. The van der Waals surface area contributed by atoms with E-state index >= 15 is 0 Å². The summed E-state index contributed by atoms with van der Waals surface area (Å²) in [5, 5.41) is 3.80. The zero-order chi connectivity index (χ0) is 33.1. The number of rotatable bonds is 4. The summed E-state index contributed by atoms with van der Waals surface area (Å²) in [5.41, 5.74) is 11.5. The average Bonchev–Trinajstić information content (AvgIpc) is 3.48. The monoisotopic (exact) mass is 642 g/mol. The largest absolute Gasteiger partial charge is 0.457 e. The van der Waals surface area contributed by atoms with Crippen molar-refractivity contribution in [2.75, 3.05) is 6.54 Å². The van der Waals surface area contributed by atoms with Crippen LogP contribution in [0.15, 0.2) is 170 Å². The van der Waals surface area contributed by atoms with Crippen molar-refractivity contribution in [3.05, 3.63) is 192 Å². The maximum atomic E-state index is 6.54. The van der Waals surface area contributed by atoms with Crippen LogP contribution in [0.5, 0.6) is 11.5 Å². The summed E-state index contributed by atoms with van der Waals surface area (Å²) in [6.45, 7) is 0.757. The minimum atomic E-state index is -0.595. The third kappa shape index (κ3) is 4.30. The van der Waals surface area contributed by atoms with Crippen molar-refractivity contribution < 1.29 is 4.74 Å². The van der Waals surface area contributed by atoms with E-state index in [4.69, 9.17) is 19.7 Å². The normalized spacial score (nSPS) is 14.6. The van der Waals surface area contributed by atoms with Crippen LogP contribution in [-0.2, 0) is 5.41 Å². The van der Waals surface area contributed by atoms with Gasteiger partial charge >= 0.3 is 0 Å². The zero-order valence-electron chi connectivity index (χ0n) is 27.0. The molecule has 0 fully saturated rings. The summed E-state index contributed by atoms with van der Waals surface area (Å²) >= 11 is 0. The molecule has 0 atom stereocenters. The number of dihydropyridines is 1. The first-order chi connectivity index (χ1) is 24.8. The lowest BCUT2D eigenvalue weighted by atomic mass is 9.67. The quantitative estimate of drug-likeness (QED) is 0.207. The van der Waals surface area contributed by atoms with Gasteiger partial charge in [-0.2, -0.15) is 0 Å². The molecule has 7 aromatic rings. The van der Waals surface area contributed by atoms with Gasteiger partial charge in [-0.1, -0.05) is 146 Å². The Hall–Kier alpha value is -6.59. The molecular weight excluding hydrogens is 613 g/mol. The van der Waals surface area contributed by atoms with Gasteiger partial charge < -0.3 is 10.1 Å². The molecule has 5 nitrogen and oxygen atoms in total. The van der Waals surface area contributed by atoms with Crippen LogP contribution >= 0.6 is 0 Å².